The Balaban J connectivity index is 5.51. The van der Waals surface area contributed by atoms with Gasteiger partial charge >= 0.3 is 23.9 Å². The average Bonchev–Trinajstić information content (AvgIpc) is 2.12. The molecular formula is C8H6F8O2. The van der Waals surface area contributed by atoms with Crippen LogP contribution in [0.3, 0.4) is 0 Å². The lowest BCUT2D eigenvalue weighted by atomic mass is 10.1. The van der Waals surface area contributed by atoms with Gasteiger partial charge in [-0.3, -0.25) is 0 Å². The van der Waals surface area contributed by atoms with Gasteiger partial charge in [0.1, 0.15) is 0 Å². The van der Waals surface area contributed by atoms with E-state index in [-0.39, 0.29) is 0 Å². The van der Waals surface area contributed by atoms with Gasteiger partial charge in [0.25, 0.3) is 6.43 Å². The highest BCUT2D eigenvalue weighted by molar-refractivity contribution is 5.87. The third-order valence-electron chi connectivity index (χ3n) is 1.71. The van der Waals surface area contributed by atoms with Crippen molar-refractivity contribution in [2.75, 3.05) is 0 Å². The zero-order valence-electron chi connectivity index (χ0n) is 8.62. The number of esters is 1. The Labute approximate surface area is 95.2 Å². The predicted molar refractivity (Wildman–Crippen MR) is 41.8 cm³/mol. The van der Waals surface area contributed by atoms with Gasteiger partial charge in [0.2, 0.25) is 0 Å². The number of carbonyl (C=O) groups is 1. The van der Waals surface area contributed by atoms with E-state index >= 15 is 0 Å². The second kappa shape index (κ2) is 4.73. The second-order valence-electron chi connectivity index (χ2n) is 3.20. The van der Waals surface area contributed by atoms with Crippen LogP contribution in [0.5, 0.6) is 0 Å². The summed E-state index contributed by atoms with van der Waals surface area (Å²) in [6.07, 6.45) is -17.9. The first-order chi connectivity index (χ1) is 7.77. The summed E-state index contributed by atoms with van der Waals surface area (Å²) in [7, 11) is 0. The molecule has 0 aliphatic heterocycles. The summed E-state index contributed by atoms with van der Waals surface area (Å²) in [5, 5.41) is 0. The lowest BCUT2D eigenvalue weighted by Gasteiger charge is -2.32. The van der Waals surface area contributed by atoms with Gasteiger partial charge in [-0.15, -0.1) is 0 Å². The molecule has 0 aromatic carbocycles. The van der Waals surface area contributed by atoms with Crippen LogP contribution < -0.4 is 0 Å². The highest BCUT2D eigenvalue weighted by atomic mass is 19.4. The Kier molecular flexibility index (Phi) is 4.37. The summed E-state index contributed by atoms with van der Waals surface area (Å²) in [5.74, 6) is -2.13. The van der Waals surface area contributed by atoms with Crippen molar-refractivity contribution in [2.45, 2.75) is 31.3 Å². The predicted octanol–water partition coefficient (Wildman–Crippen LogP) is 3.23. The fourth-order valence-corrected chi connectivity index (χ4v) is 0.694. The summed E-state index contributed by atoms with van der Waals surface area (Å²) in [6, 6.07) is 0. The first kappa shape index (κ1) is 16.6. The molecule has 1 atom stereocenters. The number of halogens is 8. The summed E-state index contributed by atoms with van der Waals surface area (Å²) in [4.78, 5) is 10.6. The van der Waals surface area contributed by atoms with Gasteiger partial charge in [0.15, 0.2) is 0 Å². The molecule has 0 aromatic rings. The van der Waals surface area contributed by atoms with Gasteiger partial charge in [-0.2, -0.15) is 22.0 Å². The van der Waals surface area contributed by atoms with E-state index in [0.717, 1.165) is 6.92 Å². The molecular weight excluding hydrogens is 280 g/mol. The number of hydrogen-bond donors (Lipinski definition) is 0. The molecule has 0 bridgehead atoms. The van der Waals surface area contributed by atoms with E-state index in [4.69, 9.17) is 0 Å². The summed E-state index contributed by atoms with van der Waals surface area (Å²) >= 11 is 0. The average molecular weight is 286 g/mol. The van der Waals surface area contributed by atoms with Crippen LogP contribution >= 0.6 is 0 Å². The van der Waals surface area contributed by atoms with Gasteiger partial charge in [0, 0.05) is 5.57 Å². The minimum Gasteiger partial charge on any atom is -0.394 e. The van der Waals surface area contributed by atoms with Crippen LogP contribution in [0.1, 0.15) is 6.92 Å². The van der Waals surface area contributed by atoms with E-state index in [1.165, 1.54) is 0 Å². The normalized spacial score (nSPS) is 16.3. The summed E-state index contributed by atoms with van der Waals surface area (Å²) < 4.78 is 101. The van der Waals surface area contributed by atoms with Crippen LogP contribution in [-0.4, -0.2) is 30.3 Å². The maximum atomic E-state index is 12.9. The molecule has 0 rings (SSSR count). The standard InChI is InChI=1S/C8H6F8O2/c1-3(2)4(17)18-8(15,16)6(11,5(9)10)7(12,13)14/h5H,1H2,2H3. The molecule has 2 nitrogen and oxygen atoms in total. The second-order valence-corrected chi connectivity index (χ2v) is 3.20. The zero-order valence-corrected chi connectivity index (χ0v) is 8.62. The maximum absolute atomic E-state index is 12.9. The summed E-state index contributed by atoms with van der Waals surface area (Å²) in [5.41, 5.74) is -7.11. The van der Waals surface area contributed by atoms with Crippen molar-refractivity contribution in [3.63, 3.8) is 0 Å². The van der Waals surface area contributed by atoms with Crippen LogP contribution in [0.15, 0.2) is 12.2 Å². The third-order valence-corrected chi connectivity index (χ3v) is 1.71. The SMILES string of the molecule is C=C(C)C(=O)OC(F)(F)C(F)(C(F)F)C(F)(F)F. The molecule has 18 heavy (non-hydrogen) atoms. The van der Waals surface area contributed by atoms with Gasteiger partial charge in [-0.25, -0.2) is 18.0 Å². The fraction of sp³-hybridized carbons (Fsp3) is 0.625. The van der Waals surface area contributed by atoms with Gasteiger partial charge in [0.05, 0.1) is 0 Å². The van der Waals surface area contributed by atoms with E-state index in [9.17, 15) is 39.9 Å². The van der Waals surface area contributed by atoms with E-state index in [2.05, 4.69) is 11.3 Å². The van der Waals surface area contributed by atoms with Gasteiger partial charge in [-0.1, -0.05) is 6.58 Å². The van der Waals surface area contributed by atoms with Crippen LogP contribution in [0.25, 0.3) is 0 Å². The first-order valence-corrected chi connectivity index (χ1v) is 4.07. The van der Waals surface area contributed by atoms with E-state index < -0.39 is 35.9 Å². The number of hydrogen-bond acceptors (Lipinski definition) is 2. The van der Waals surface area contributed by atoms with Gasteiger partial charge < -0.3 is 4.74 Å². The van der Waals surface area contributed by atoms with Crippen LogP contribution in [0, 0.1) is 0 Å². The Bertz CT molecular complexity index is 347. The molecule has 0 fully saturated rings. The van der Waals surface area contributed by atoms with E-state index in [1.54, 1.807) is 0 Å². The van der Waals surface area contributed by atoms with Crippen molar-refractivity contribution < 1.29 is 44.7 Å². The molecule has 0 spiro atoms. The molecule has 0 aliphatic rings. The minimum absolute atomic E-state index is 0.758. The van der Waals surface area contributed by atoms with Crippen LogP contribution in [0.4, 0.5) is 35.1 Å². The molecule has 0 aliphatic carbocycles. The quantitative estimate of drug-likeness (QED) is 0.450. The fourth-order valence-electron chi connectivity index (χ4n) is 0.694. The lowest BCUT2D eigenvalue weighted by molar-refractivity contribution is -0.394. The largest absolute Gasteiger partial charge is 0.450 e. The number of carbonyl (C=O) groups excluding carboxylic acids is 1. The summed E-state index contributed by atoms with van der Waals surface area (Å²) in [6.45, 7) is 3.49. The molecule has 0 saturated heterocycles. The van der Waals surface area contributed by atoms with E-state index in [0.29, 0.717) is 0 Å². The first-order valence-electron chi connectivity index (χ1n) is 4.07. The molecule has 0 saturated carbocycles. The van der Waals surface area contributed by atoms with Gasteiger partial charge in [-0.05, 0) is 6.92 Å². The molecule has 0 aromatic heterocycles. The van der Waals surface area contributed by atoms with Crippen LogP contribution in [0.2, 0.25) is 0 Å². The molecule has 1 unspecified atom stereocenters. The highest BCUT2D eigenvalue weighted by Crippen LogP contribution is 2.49. The molecule has 0 radical (unpaired) electrons. The molecule has 106 valence electrons. The van der Waals surface area contributed by atoms with E-state index in [1.807, 2.05) is 0 Å². The Hall–Kier alpha value is -1.35. The van der Waals surface area contributed by atoms with Crippen molar-refractivity contribution >= 4 is 5.97 Å². The van der Waals surface area contributed by atoms with Crippen molar-refractivity contribution in [1.82, 2.24) is 0 Å². The number of ether oxygens (including phenoxy) is 1. The third kappa shape index (κ3) is 2.72. The maximum Gasteiger partial charge on any atom is 0.450 e. The smallest absolute Gasteiger partial charge is 0.394 e. The Morgan fingerprint density at radius 3 is 1.72 bits per heavy atom. The minimum atomic E-state index is -6.64. The highest BCUT2D eigenvalue weighted by Gasteiger charge is 2.79. The van der Waals surface area contributed by atoms with Crippen molar-refractivity contribution in [1.29, 1.82) is 0 Å². The topological polar surface area (TPSA) is 26.3 Å². The zero-order chi connectivity index (χ0) is 14.9. The molecule has 10 heteroatoms. The van der Waals surface area contributed by atoms with Crippen LogP contribution in [-0.2, 0) is 9.53 Å². The monoisotopic (exact) mass is 286 g/mol. The molecule has 0 amide bonds. The Morgan fingerprint density at radius 1 is 1.11 bits per heavy atom. The van der Waals surface area contributed by atoms with Crippen molar-refractivity contribution in [3.05, 3.63) is 12.2 Å². The molecule has 0 N–H and O–H groups in total. The lowest BCUT2D eigenvalue weighted by Crippen LogP contribution is -2.61. The van der Waals surface area contributed by atoms with Crippen molar-refractivity contribution in [2.24, 2.45) is 0 Å². The Morgan fingerprint density at radius 2 is 1.50 bits per heavy atom. The number of alkyl halides is 8. The molecule has 0 heterocycles. The van der Waals surface area contributed by atoms with Crippen molar-refractivity contribution in [3.8, 4) is 0 Å². The number of rotatable bonds is 4.